The zero-order valence-corrected chi connectivity index (χ0v) is 17.5. The molecule has 0 saturated heterocycles. The number of ether oxygens (including phenoxy) is 2. The molecule has 2 N–H and O–H groups in total. The highest BCUT2D eigenvalue weighted by Gasteiger charge is 2.17. The van der Waals surface area contributed by atoms with Gasteiger partial charge in [-0.15, -0.1) is 0 Å². The van der Waals surface area contributed by atoms with Crippen molar-refractivity contribution in [2.24, 2.45) is 0 Å². The molecule has 0 atom stereocenters. The quantitative estimate of drug-likeness (QED) is 0.424. The van der Waals surface area contributed by atoms with E-state index < -0.39 is 0 Å². The van der Waals surface area contributed by atoms with Crippen molar-refractivity contribution in [3.8, 4) is 22.8 Å². The standard InChI is InChI=1S/C25H19N5O3/c31-25(21-13-20(27-28-21)17-8-9-22-23(12-17)33-15-32-22)26-24-10-11-30(29-24)14-18-6-3-5-16-4-1-2-7-19(16)18/h1-13H,14-15H2,(H,27,28)(H,26,29,31). The molecule has 0 fully saturated rings. The number of rotatable bonds is 5. The fraction of sp³-hybridized carbons (Fsp3) is 0.0800. The number of benzene rings is 3. The Bertz CT molecular complexity index is 1480. The molecule has 162 valence electrons. The zero-order valence-electron chi connectivity index (χ0n) is 17.5. The number of H-pyrrole nitrogens is 1. The van der Waals surface area contributed by atoms with E-state index in [1.165, 1.54) is 10.8 Å². The van der Waals surface area contributed by atoms with E-state index in [2.05, 4.69) is 44.9 Å². The Kier molecular flexibility index (Phi) is 4.54. The molecule has 5 aromatic rings. The van der Waals surface area contributed by atoms with E-state index >= 15 is 0 Å². The van der Waals surface area contributed by atoms with E-state index in [4.69, 9.17) is 9.47 Å². The number of aromatic amines is 1. The summed E-state index contributed by atoms with van der Waals surface area (Å²) in [4.78, 5) is 12.7. The van der Waals surface area contributed by atoms with Crippen LogP contribution >= 0.6 is 0 Å². The number of nitrogens with one attached hydrogen (secondary N) is 2. The molecule has 0 radical (unpaired) electrons. The molecule has 1 amide bonds. The molecular weight excluding hydrogens is 418 g/mol. The van der Waals surface area contributed by atoms with Crippen LogP contribution in [0.5, 0.6) is 11.5 Å². The predicted octanol–water partition coefficient (Wildman–Crippen LogP) is 4.46. The summed E-state index contributed by atoms with van der Waals surface area (Å²) in [5.74, 6) is 1.52. The Labute approximate surface area is 188 Å². The first-order valence-electron chi connectivity index (χ1n) is 10.5. The van der Waals surface area contributed by atoms with Gasteiger partial charge in [0.15, 0.2) is 17.3 Å². The fourth-order valence-corrected chi connectivity index (χ4v) is 3.95. The second-order valence-electron chi connectivity index (χ2n) is 7.73. The molecule has 0 aliphatic carbocycles. The summed E-state index contributed by atoms with van der Waals surface area (Å²) in [6, 6.07) is 23.5. The average Bonchev–Trinajstić information content (AvgIpc) is 3.60. The third kappa shape index (κ3) is 3.67. The predicted molar refractivity (Wildman–Crippen MR) is 123 cm³/mol. The molecule has 3 aromatic carbocycles. The molecule has 0 bridgehead atoms. The molecule has 0 spiro atoms. The van der Waals surface area contributed by atoms with Crippen LogP contribution in [0.25, 0.3) is 22.0 Å². The van der Waals surface area contributed by atoms with E-state index in [9.17, 15) is 4.79 Å². The lowest BCUT2D eigenvalue weighted by molar-refractivity contribution is 0.102. The second kappa shape index (κ2) is 7.83. The molecule has 1 aliphatic heterocycles. The van der Waals surface area contributed by atoms with Gasteiger partial charge < -0.3 is 14.8 Å². The molecule has 8 heteroatoms. The number of fused-ring (bicyclic) bond motifs is 2. The SMILES string of the molecule is O=C(Nc1ccn(Cc2cccc3ccccc23)n1)c1cc(-c2ccc3c(c2)OCO3)n[nH]1. The van der Waals surface area contributed by atoms with Crippen molar-refractivity contribution in [1.82, 2.24) is 20.0 Å². The molecule has 0 saturated carbocycles. The lowest BCUT2D eigenvalue weighted by Gasteiger charge is -2.06. The summed E-state index contributed by atoms with van der Waals surface area (Å²) < 4.78 is 12.6. The third-order valence-corrected chi connectivity index (χ3v) is 5.59. The summed E-state index contributed by atoms with van der Waals surface area (Å²) in [7, 11) is 0. The number of anilines is 1. The summed E-state index contributed by atoms with van der Waals surface area (Å²) >= 11 is 0. The smallest absolute Gasteiger partial charge is 0.274 e. The Morgan fingerprint density at radius 3 is 2.85 bits per heavy atom. The van der Waals surface area contributed by atoms with E-state index in [1.807, 2.05) is 47.3 Å². The topological polar surface area (TPSA) is 94.1 Å². The lowest BCUT2D eigenvalue weighted by atomic mass is 10.0. The van der Waals surface area contributed by atoms with Crippen LogP contribution in [0.2, 0.25) is 0 Å². The van der Waals surface area contributed by atoms with Gasteiger partial charge in [0.05, 0.1) is 12.2 Å². The van der Waals surface area contributed by atoms with Gasteiger partial charge in [-0.05, 0) is 40.6 Å². The summed E-state index contributed by atoms with van der Waals surface area (Å²) in [6.07, 6.45) is 1.85. The number of carbonyl (C=O) groups is 1. The Balaban J connectivity index is 1.16. The van der Waals surface area contributed by atoms with Gasteiger partial charge in [0.1, 0.15) is 5.69 Å². The monoisotopic (exact) mass is 437 g/mol. The first-order valence-corrected chi connectivity index (χ1v) is 10.5. The number of nitrogens with zero attached hydrogens (tertiary/aromatic N) is 3. The van der Waals surface area contributed by atoms with Gasteiger partial charge in [-0.3, -0.25) is 14.6 Å². The Hall–Kier alpha value is -4.59. The van der Waals surface area contributed by atoms with Crippen molar-refractivity contribution in [2.75, 3.05) is 12.1 Å². The molecule has 33 heavy (non-hydrogen) atoms. The van der Waals surface area contributed by atoms with E-state index in [0.717, 1.165) is 11.1 Å². The molecule has 0 unspecified atom stereocenters. The van der Waals surface area contributed by atoms with Gasteiger partial charge in [-0.2, -0.15) is 10.2 Å². The Morgan fingerprint density at radius 1 is 1.00 bits per heavy atom. The summed E-state index contributed by atoms with van der Waals surface area (Å²) in [5, 5.41) is 16.7. The first-order chi connectivity index (χ1) is 16.2. The van der Waals surface area contributed by atoms with Crippen LogP contribution in [-0.2, 0) is 6.54 Å². The van der Waals surface area contributed by atoms with E-state index in [1.54, 1.807) is 12.1 Å². The highest BCUT2D eigenvalue weighted by atomic mass is 16.7. The number of aromatic nitrogens is 4. The van der Waals surface area contributed by atoms with Crippen molar-refractivity contribution < 1.29 is 14.3 Å². The highest BCUT2D eigenvalue weighted by molar-refractivity contribution is 6.02. The van der Waals surface area contributed by atoms with Crippen LogP contribution in [0.4, 0.5) is 5.82 Å². The number of hydrogen-bond acceptors (Lipinski definition) is 5. The molecule has 1 aliphatic rings. The van der Waals surface area contributed by atoms with Crippen LogP contribution < -0.4 is 14.8 Å². The van der Waals surface area contributed by atoms with Crippen LogP contribution in [0.1, 0.15) is 16.1 Å². The van der Waals surface area contributed by atoms with Crippen LogP contribution in [0.15, 0.2) is 79.0 Å². The van der Waals surface area contributed by atoms with Crippen molar-refractivity contribution in [3.05, 3.63) is 90.3 Å². The first kappa shape index (κ1) is 19.1. The second-order valence-corrected chi connectivity index (χ2v) is 7.73. The van der Waals surface area contributed by atoms with Gasteiger partial charge in [0.25, 0.3) is 5.91 Å². The maximum absolute atomic E-state index is 12.7. The van der Waals surface area contributed by atoms with Gasteiger partial charge in [0.2, 0.25) is 6.79 Å². The lowest BCUT2D eigenvalue weighted by Crippen LogP contribution is -2.13. The van der Waals surface area contributed by atoms with Gasteiger partial charge >= 0.3 is 0 Å². The largest absolute Gasteiger partial charge is 0.454 e. The van der Waals surface area contributed by atoms with Crippen molar-refractivity contribution >= 4 is 22.5 Å². The summed E-state index contributed by atoms with van der Waals surface area (Å²) in [5.41, 5.74) is 2.97. The van der Waals surface area contributed by atoms with Crippen LogP contribution in [0, 0.1) is 0 Å². The molecular formula is C25H19N5O3. The average molecular weight is 437 g/mol. The van der Waals surface area contributed by atoms with Crippen LogP contribution in [-0.4, -0.2) is 32.7 Å². The fourth-order valence-electron chi connectivity index (χ4n) is 3.95. The highest BCUT2D eigenvalue weighted by Crippen LogP contribution is 2.35. The van der Waals surface area contributed by atoms with Gasteiger partial charge in [0, 0.05) is 17.8 Å². The minimum Gasteiger partial charge on any atom is -0.454 e. The number of amides is 1. The van der Waals surface area contributed by atoms with Crippen LogP contribution in [0.3, 0.4) is 0 Å². The normalized spacial score (nSPS) is 12.2. The molecule has 8 nitrogen and oxygen atoms in total. The van der Waals surface area contributed by atoms with Gasteiger partial charge in [-0.1, -0.05) is 42.5 Å². The maximum Gasteiger partial charge on any atom is 0.274 e. The molecule has 3 heterocycles. The Morgan fingerprint density at radius 2 is 1.88 bits per heavy atom. The van der Waals surface area contributed by atoms with E-state index in [-0.39, 0.29) is 12.7 Å². The number of hydrogen-bond donors (Lipinski definition) is 2. The number of carbonyl (C=O) groups excluding carboxylic acids is 1. The maximum atomic E-state index is 12.7. The van der Waals surface area contributed by atoms with Crippen molar-refractivity contribution in [2.45, 2.75) is 6.54 Å². The van der Waals surface area contributed by atoms with E-state index in [0.29, 0.717) is 35.2 Å². The minimum atomic E-state index is -0.315. The van der Waals surface area contributed by atoms with Crippen molar-refractivity contribution in [1.29, 1.82) is 0 Å². The minimum absolute atomic E-state index is 0.208. The van der Waals surface area contributed by atoms with Crippen molar-refractivity contribution in [3.63, 3.8) is 0 Å². The molecule has 6 rings (SSSR count). The zero-order chi connectivity index (χ0) is 22.2. The third-order valence-electron chi connectivity index (χ3n) is 5.59. The van der Waals surface area contributed by atoms with Gasteiger partial charge in [-0.25, -0.2) is 0 Å². The summed E-state index contributed by atoms with van der Waals surface area (Å²) in [6.45, 7) is 0.815. The molecule has 2 aromatic heterocycles.